The molecule has 38 heavy (non-hydrogen) atoms. The van der Waals surface area contributed by atoms with Crippen LogP contribution in [0.25, 0.3) is 27.7 Å². The van der Waals surface area contributed by atoms with Gasteiger partial charge in [-0.1, -0.05) is 30.3 Å². The van der Waals surface area contributed by atoms with Gasteiger partial charge >= 0.3 is 0 Å². The molecule has 0 spiro atoms. The second kappa shape index (κ2) is 9.63. The van der Waals surface area contributed by atoms with Crippen molar-refractivity contribution < 1.29 is 0 Å². The first-order valence-corrected chi connectivity index (χ1v) is 11.9. The number of anilines is 2. The van der Waals surface area contributed by atoms with Crippen LogP contribution >= 0.6 is 0 Å². The van der Waals surface area contributed by atoms with Gasteiger partial charge in [0.15, 0.2) is 0 Å². The number of nitriles is 1. The van der Waals surface area contributed by atoms with Crippen LogP contribution in [0.15, 0.2) is 76.6 Å². The van der Waals surface area contributed by atoms with E-state index in [4.69, 9.17) is 10.7 Å². The van der Waals surface area contributed by atoms with Crippen LogP contribution in [0.1, 0.15) is 29.9 Å². The van der Waals surface area contributed by atoms with E-state index in [1.54, 1.807) is 36.9 Å². The van der Waals surface area contributed by atoms with E-state index in [1.165, 1.54) is 10.8 Å². The predicted molar refractivity (Wildman–Crippen MR) is 146 cm³/mol. The Hall–Kier alpha value is -5.30. The molecule has 0 aliphatic carbocycles. The lowest BCUT2D eigenvalue weighted by atomic mass is 10.0. The fourth-order valence-corrected chi connectivity index (χ4v) is 4.49. The normalized spacial score (nSPS) is 11.7. The van der Waals surface area contributed by atoms with Gasteiger partial charge in [-0.3, -0.25) is 14.2 Å². The highest BCUT2D eigenvalue weighted by atomic mass is 16.1. The molecule has 0 radical (unpaired) electrons. The van der Waals surface area contributed by atoms with E-state index in [0.717, 1.165) is 5.56 Å². The summed E-state index contributed by atoms with van der Waals surface area (Å²) in [6.07, 6.45) is 3.06. The lowest BCUT2D eigenvalue weighted by Crippen LogP contribution is -2.28. The Balaban J connectivity index is 1.77. The zero-order valence-corrected chi connectivity index (χ0v) is 21.0. The summed E-state index contributed by atoms with van der Waals surface area (Å²) in [4.78, 5) is 39.5. The molecule has 5 rings (SSSR count). The van der Waals surface area contributed by atoms with Gasteiger partial charge in [0.25, 0.3) is 11.1 Å². The molecule has 3 heterocycles. The maximum absolute atomic E-state index is 14.2. The van der Waals surface area contributed by atoms with Gasteiger partial charge in [0.1, 0.15) is 23.3 Å². The van der Waals surface area contributed by atoms with Gasteiger partial charge < -0.3 is 15.6 Å². The summed E-state index contributed by atoms with van der Waals surface area (Å²) >= 11 is 0. The Labute approximate surface area is 217 Å². The number of fused-ring (bicyclic) bond motifs is 1. The molecule has 0 amide bonds. The maximum atomic E-state index is 14.2. The lowest BCUT2D eigenvalue weighted by molar-refractivity contribution is 0.730. The first-order valence-electron chi connectivity index (χ1n) is 11.9. The van der Waals surface area contributed by atoms with Crippen molar-refractivity contribution in [1.82, 2.24) is 24.1 Å². The average molecular weight is 505 g/mol. The molecule has 3 N–H and O–H groups in total. The number of para-hydroxylation sites is 1. The third-order valence-corrected chi connectivity index (χ3v) is 6.28. The van der Waals surface area contributed by atoms with Crippen LogP contribution in [-0.4, -0.2) is 24.1 Å². The topological polar surface area (TPSA) is 145 Å². The van der Waals surface area contributed by atoms with Crippen molar-refractivity contribution in [3.05, 3.63) is 105 Å². The van der Waals surface area contributed by atoms with Gasteiger partial charge in [-0.05, 0) is 49.2 Å². The summed E-state index contributed by atoms with van der Waals surface area (Å²) in [5, 5.41) is 13.1. The number of aromatic nitrogens is 5. The first kappa shape index (κ1) is 24.4. The summed E-state index contributed by atoms with van der Waals surface area (Å²) < 4.78 is 3.06. The quantitative estimate of drug-likeness (QED) is 0.370. The number of hydrogen-bond acceptors (Lipinski definition) is 8. The van der Waals surface area contributed by atoms with Gasteiger partial charge in [-0.15, -0.1) is 0 Å². The Bertz CT molecular complexity index is 1830. The van der Waals surface area contributed by atoms with E-state index in [2.05, 4.69) is 15.3 Å². The van der Waals surface area contributed by atoms with E-state index in [-0.39, 0.29) is 28.4 Å². The number of aryl methyl sites for hydroxylation is 2. The molecule has 0 bridgehead atoms. The molecule has 5 aromatic rings. The number of nitrogens with two attached hydrogens (primary N) is 1. The molecule has 0 aliphatic heterocycles. The standard InChI is InChI=1S/C28H24N8O2/c1-16-12-18(15-35(3)26(16)37)21-10-7-11-22-23(21)27(38)36(20-8-5-4-6-9-20)25(33-22)17(2)32-24-19(13-29)14-31-28(30)34-24/h4-12,14-15,17H,1-3H3,(H3,30,31,32,34). The zero-order chi connectivity index (χ0) is 27.0. The molecule has 188 valence electrons. The number of nitrogens with zero attached hydrogens (tertiary/aromatic N) is 6. The second-order valence-corrected chi connectivity index (χ2v) is 8.94. The van der Waals surface area contributed by atoms with Gasteiger partial charge in [0, 0.05) is 18.8 Å². The first-order chi connectivity index (χ1) is 18.3. The Kier molecular flexibility index (Phi) is 6.18. The maximum Gasteiger partial charge on any atom is 0.266 e. The molecular weight excluding hydrogens is 480 g/mol. The highest BCUT2D eigenvalue weighted by Crippen LogP contribution is 2.28. The van der Waals surface area contributed by atoms with E-state index in [0.29, 0.717) is 33.5 Å². The van der Waals surface area contributed by atoms with E-state index < -0.39 is 6.04 Å². The van der Waals surface area contributed by atoms with Crippen LogP contribution in [0.5, 0.6) is 0 Å². The van der Waals surface area contributed by atoms with E-state index in [9.17, 15) is 14.9 Å². The second-order valence-electron chi connectivity index (χ2n) is 8.94. The van der Waals surface area contributed by atoms with E-state index >= 15 is 0 Å². The summed E-state index contributed by atoms with van der Waals surface area (Å²) in [7, 11) is 1.69. The van der Waals surface area contributed by atoms with Crippen molar-refractivity contribution in [3.8, 4) is 22.9 Å². The van der Waals surface area contributed by atoms with E-state index in [1.807, 2.05) is 55.5 Å². The minimum Gasteiger partial charge on any atom is -0.368 e. The minimum atomic E-state index is -0.544. The van der Waals surface area contributed by atoms with Crippen molar-refractivity contribution in [3.63, 3.8) is 0 Å². The number of hydrogen-bond donors (Lipinski definition) is 2. The summed E-state index contributed by atoms with van der Waals surface area (Å²) in [5.74, 6) is 0.683. The van der Waals surface area contributed by atoms with Crippen LogP contribution in [0.4, 0.5) is 11.8 Å². The number of nitrogen functional groups attached to an aromatic ring is 1. The average Bonchev–Trinajstić information content (AvgIpc) is 2.91. The summed E-state index contributed by atoms with van der Waals surface area (Å²) in [6, 6.07) is 18.0. The lowest BCUT2D eigenvalue weighted by Gasteiger charge is -2.21. The highest BCUT2D eigenvalue weighted by Gasteiger charge is 2.22. The van der Waals surface area contributed by atoms with Crippen molar-refractivity contribution in [2.75, 3.05) is 11.1 Å². The fraction of sp³-hybridized carbons (Fsp3) is 0.143. The molecule has 1 unspecified atom stereocenters. The SMILES string of the molecule is Cc1cc(-c2cccc3nc(C(C)Nc4nc(N)ncc4C#N)n(-c4ccccc4)c(=O)c23)cn(C)c1=O. The van der Waals surface area contributed by atoms with Gasteiger partial charge in [-0.25, -0.2) is 9.97 Å². The third kappa shape index (κ3) is 4.26. The number of rotatable bonds is 5. The number of pyridine rings is 1. The molecular formula is C28H24N8O2. The number of nitrogens with one attached hydrogen (secondary N) is 1. The van der Waals surface area contributed by atoms with Crippen molar-refractivity contribution in [2.24, 2.45) is 7.05 Å². The van der Waals surface area contributed by atoms with Crippen molar-refractivity contribution in [2.45, 2.75) is 19.9 Å². The predicted octanol–water partition coefficient (Wildman–Crippen LogP) is 3.48. The van der Waals surface area contributed by atoms with Gasteiger partial charge in [-0.2, -0.15) is 10.2 Å². The Morgan fingerprint density at radius 1 is 1.05 bits per heavy atom. The molecule has 1 atom stereocenters. The molecule has 0 aliphatic rings. The number of benzene rings is 2. The molecule has 0 fully saturated rings. The smallest absolute Gasteiger partial charge is 0.266 e. The third-order valence-electron chi connectivity index (χ3n) is 6.28. The molecule has 3 aromatic heterocycles. The fourth-order valence-electron chi connectivity index (χ4n) is 4.49. The van der Waals surface area contributed by atoms with Crippen LogP contribution in [0.2, 0.25) is 0 Å². The molecule has 2 aromatic carbocycles. The summed E-state index contributed by atoms with van der Waals surface area (Å²) in [5.41, 5.74) is 8.71. The van der Waals surface area contributed by atoms with Crippen LogP contribution in [0, 0.1) is 18.3 Å². The molecule has 10 nitrogen and oxygen atoms in total. The zero-order valence-electron chi connectivity index (χ0n) is 21.0. The monoisotopic (exact) mass is 504 g/mol. The minimum absolute atomic E-state index is 0.0165. The molecule has 0 saturated heterocycles. The molecule has 10 heteroatoms. The van der Waals surface area contributed by atoms with Crippen LogP contribution in [-0.2, 0) is 7.05 Å². The summed E-state index contributed by atoms with van der Waals surface area (Å²) in [6.45, 7) is 3.57. The van der Waals surface area contributed by atoms with Crippen LogP contribution in [0.3, 0.4) is 0 Å². The largest absolute Gasteiger partial charge is 0.368 e. The van der Waals surface area contributed by atoms with Crippen molar-refractivity contribution in [1.29, 1.82) is 5.26 Å². The van der Waals surface area contributed by atoms with Gasteiger partial charge in [0.2, 0.25) is 5.95 Å². The van der Waals surface area contributed by atoms with Crippen LogP contribution < -0.4 is 22.2 Å². The van der Waals surface area contributed by atoms with Crippen molar-refractivity contribution >= 4 is 22.7 Å². The van der Waals surface area contributed by atoms with Gasteiger partial charge in [0.05, 0.1) is 28.8 Å². The highest BCUT2D eigenvalue weighted by molar-refractivity contribution is 5.94. The Morgan fingerprint density at radius 3 is 2.53 bits per heavy atom. The Morgan fingerprint density at radius 2 is 1.82 bits per heavy atom. The molecule has 0 saturated carbocycles.